The molecule has 2 aliphatic rings. The van der Waals surface area contributed by atoms with Gasteiger partial charge in [0.15, 0.2) is 11.6 Å². The van der Waals surface area contributed by atoms with Crippen LogP contribution < -0.4 is 10.6 Å². The maximum Gasteiger partial charge on any atom is 0.193 e. The number of hydrogen-bond acceptors (Lipinski definition) is 4. The van der Waals surface area contributed by atoms with Crippen LogP contribution >= 0.6 is 23.2 Å². The fourth-order valence-corrected chi connectivity index (χ4v) is 5.01. The van der Waals surface area contributed by atoms with Crippen molar-refractivity contribution in [2.45, 2.75) is 25.3 Å². The van der Waals surface area contributed by atoms with Gasteiger partial charge in [-0.05, 0) is 43.2 Å². The molecule has 0 amide bonds. The number of benzene rings is 3. The highest BCUT2D eigenvalue weighted by atomic mass is 35.5. The van der Waals surface area contributed by atoms with E-state index in [1.54, 1.807) is 36.4 Å². The molecule has 0 fully saturated rings. The summed E-state index contributed by atoms with van der Waals surface area (Å²) in [5, 5.41) is 7.91. The van der Waals surface area contributed by atoms with Gasteiger partial charge in [0.25, 0.3) is 0 Å². The van der Waals surface area contributed by atoms with E-state index >= 15 is 0 Å². The van der Waals surface area contributed by atoms with Gasteiger partial charge in [-0.2, -0.15) is 0 Å². The second kappa shape index (κ2) is 8.45. The highest BCUT2D eigenvalue weighted by molar-refractivity contribution is 6.36. The van der Waals surface area contributed by atoms with Crippen LogP contribution in [0.1, 0.15) is 46.8 Å². The monoisotopic (exact) mass is 462 g/mol. The molecule has 32 heavy (non-hydrogen) atoms. The predicted octanol–water partition coefficient (Wildman–Crippen LogP) is 6.81. The van der Waals surface area contributed by atoms with Gasteiger partial charge in [0, 0.05) is 44.4 Å². The van der Waals surface area contributed by atoms with E-state index in [1.165, 1.54) is 0 Å². The first kappa shape index (κ1) is 20.8. The third-order valence-corrected chi connectivity index (χ3v) is 6.60. The summed E-state index contributed by atoms with van der Waals surface area (Å²) in [5.41, 5.74) is 4.90. The van der Waals surface area contributed by atoms with E-state index in [4.69, 9.17) is 23.2 Å². The Morgan fingerprint density at radius 1 is 0.844 bits per heavy atom. The number of hydrogen-bond donors (Lipinski definition) is 2. The lowest BCUT2D eigenvalue weighted by Crippen LogP contribution is -2.24. The van der Waals surface area contributed by atoms with Crippen molar-refractivity contribution in [1.82, 2.24) is 0 Å². The molecule has 0 bridgehead atoms. The van der Waals surface area contributed by atoms with E-state index < -0.39 is 6.04 Å². The van der Waals surface area contributed by atoms with Crippen molar-refractivity contribution in [3.05, 3.63) is 105 Å². The first-order valence-corrected chi connectivity index (χ1v) is 11.3. The van der Waals surface area contributed by atoms with Gasteiger partial charge in [-0.3, -0.25) is 9.59 Å². The smallest absolute Gasteiger partial charge is 0.193 e. The van der Waals surface area contributed by atoms with Crippen molar-refractivity contribution >= 4 is 46.1 Å². The standard InChI is InChI=1S/C26H20Cl2N2O2/c27-17-8-4-9-18(28)23(17)25-24-20(10-5-11-22(24)31)29-21-14-16(12-13-19(21)30-25)26(32)15-6-2-1-3-7-15/h1-4,6-9,12-14,25,29-30H,5,10-11H2/t25-/m0/s1. The van der Waals surface area contributed by atoms with Crippen LogP contribution in [0.25, 0.3) is 0 Å². The minimum absolute atomic E-state index is 0.0564. The quantitative estimate of drug-likeness (QED) is 0.419. The number of carbonyl (C=O) groups is 2. The van der Waals surface area contributed by atoms with Gasteiger partial charge in [-0.25, -0.2) is 0 Å². The van der Waals surface area contributed by atoms with E-state index in [-0.39, 0.29) is 11.6 Å². The Morgan fingerprint density at radius 2 is 1.59 bits per heavy atom. The van der Waals surface area contributed by atoms with Gasteiger partial charge < -0.3 is 10.6 Å². The summed E-state index contributed by atoms with van der Waals surface area (Å²) in [7, 11) is 0. The van der Waals surface area contributed by atoms with Crippen molar-refractivity contribution in [1.29, 1.82) is 0 Å². The zero-order valence-corrected chi connectivity index (χ0v) is 18.6. The van der Waals surface area contributed by atoms with Crippen LogP contribution in [0.3, 0.4) is 0 Å². The van der Waals surface area contributed by atoms with Crippen LogP contribution in [-0.4, -0.2) is 11.6 Å². The van der Waals surface area contributed by atoms with Gasteiger partial charge in [0.2, 0.25) is 0 Å². The number of allylic oxidation sites excluding steroid dienone is 1. The molecule has 4 nitrogen and oxygen atoms in total. The summed E-state index contributed by atoms with van der Waals surface area (Å²) < 4.78 is 0. The van der Waals surface area contributed by atoms with Crippen molar-refractivity contribution in [2.75, 3.05) is 10.6 Å². The summed E-state index contributed by atoms with van der Waals surface area (Å²) in [4.78, 5) is 26.0. The van der Waals surface area contributed by atoms with Crippen molar-refractivity contribution < 1.29 is 9.59 Å². The number of nitrogens with one attached hydrogen (secondary N) is 2. The molecule has 2 N–H and O–H groups in total. The highest BCUT2D eigenvalue weighted by Crippen LogP contribution is 2.44. The molecule has 0 saturated carbocycles. The highest BCUT2D eigenvalue weighted by Gasteiger charge is 2.34. The molecule has 0 spiro atoms. The molecule has 1 atom stereocenters. The first-order chi connectivity index (χ1) is 15.5. The second-order valence-electron chi connectivity index (χ2n) is 7.96. The van der Waals surface area contributed by atoms with Crippen LogP contribution in [0, 0.1) is 0 Å². The Labute approximate surface area is 196 Å². The Balaban J connectivity index is 1.62. The van der Waals surface area contributed by atoms with Gasteiger partial charge in [-0.1, -0.05) is 59.6 Å². The Hall–Kier alpha value is -3.08. The van der Waals surface area contributed by atoms with Gasteiger partial charge in [0.1, 0.15) is 0 Å². The molecular formula is C26H20Cl2N2O2. The van der Waals surface area contributed by atoms with E-state index in [9.17, 15) is 9.59 Å². The number of fused-ring (bicyclic) bond motifs is 1. The number of ketones is 2. The largest absolute Gasteiger partial charge is 0.372 e. The molecular weight excluding hydrogens is 443 g/mol. The van der Waals surface area contributed by atoms with Crippen molar-refractivity contribution in [2.24, 2.45) is 0 Å². The Bertz CT molecular complexity index is 1250. The summed E-state index contributed by atoms with van der Waals surface area (Å²) in [6, 6.07) is 19.5. The SMILES string of the molecule is O=C1CCCC2=C1[C@H](c1c(Cl)cccc1Cl)Nc1ccc(C(=O)c3ccccc3)cc1N2. The molecule has 1 heterocycles. The molecule has 160 valence electrons. The first-order valence-electron chi connectivity index (χ1n) is 10.5. The van der Waals surface area contributed by atoms with E-state index in [0.717, 1.165) is 29.9 Å². The minimum Gasteiger partial charge on any atom is -0.372 e. The molecule has 6 heteroatoms. The number of rotatable bonds is 3. The fraction of sp³-hybridized carbons (Fsp3) is 0.154. The van der Waals surface area contributed by atoms with Crippen LogP contribution in [0.5, 0.6) is 0 Å². The molecule has 3 aromatic rings. The van der Waals surface area contributed by atoms with Gasteiger partial charge in [-0.15, -0.1) is 0 Å². The van der Waals surface area contributed by atoms with Crippen molar-refractivity contribution in [3.63, 3.8) is 0 Å². The normalized spacial score (nSPS) is 17.6. The molecule has 0 saturated heterocycles. The maximum absolute atomic E-state index is 13.0. The predicted molar refractivity (Wildman–Crippen MR) is 129 cm³/mol. The average Bonchev–Trinajstić information content (AvgIpc) is 2.96. The molecule has 0 unspecified atom stereocenters. The molecule has 0 radical (unpaired) electrons. The molecule has 1 aliphatic carbocycles. The van der Waals surface area contributed by atoms with Crippen LogP contribution in [0.2, 0.25) is 10.0 Å². The van der Waals surface area contributed by atoms with Crippen LogP contribution in [0.15, 0.2) is 78.0 Å². The molecule has 1 aliphatic heterocycles. The summed E-state index contributed by atoms with van der Waals surface area (Å²) in [5.74, 6) is 0.0136. The summed E-state index contributed by atoms with van der Waals surface area (Å²) in [6.07, 6.45) is 1.98. The van der Waals surface area contributed by atoms with Crippen molar-refractivity contribution in [3.8, 4) is 0 Å². The number of halogens is 2. The van der Waals surface area contributed by atoms with E-state index in [1.807, 2.05) is 30.3 Å². The lowest BCUT2D eigenvalue weighted by molar-refractivity contribution is -0.116. The zero-order chi connectivity index (χ0) is 22.2. The minimum atomic E-state index is -0.483. The summed E-state index contributed by atoms with van der Waals surface area (Å²) in [6.45, 7) is 0. The Kier molecular flexibility index (Phi) is 5.50. The molecule has 0 aromatic heterocycles. The van der Waals surface area contributed by atoms with Crippen LogP contribution in [-0.2, 0) is 4.79 Å². The Morgan fingerprint density at radius 3 is 2.34 bits per heavy atom. The van der Waals surface area contributed by atoms with E-state index in [0.29, 0.717) is 38.7 Å². The third kappa shape index (κ3) is 3.70. The molecule has 3 aromatic carbocycles. The topological polar surface area (TPSA) is 58.2 Å². The van der Waals surface area contributed by atoms with Crippen LogP contribution in [0.4, 0.5) is 11.4 Å². The average molecular weight is 463 g/mol. The lowest BCUT2D eigenvalue weighted by Gasteiger charge is -2.26. The van der Waals surface area contributed by atoms with Gasteiger partial charge in [0.05, 0.1) is 17.4 Å². The maximum atomic E-state index is 13.0. The molecule has 5 rings (SSSR count). The zero-order valence-electron chi connectivity index (χ0n) is 17.1. The second-order valence-corrected chi connectivity index (χ2v) is 8.78. The van der Waals surface area contributed by atoms with Gasteiger partial charge >= 0.3 is 0 Å². The lowest BCUT2D eigenvalue weighted by atomic mass is 9.86. The third-order valence-electron chi connectivity index (χ3n) is 5.94. The number of anilines is 2. The number of carbonyl (C=O) groups excluding carboxylic acids is 2. The summed E-state index contributed by atoms with van der Waals surface area (Å²) >= 11 is 13.1. The van der Waals surface area contributed by atoms with E-state index in [2.05, 4.69) is 10.6 Å². The number of Topliss-reactive ketones (excluding diaryl/α,β-unsaturated/α-hetero) is 1. The fourth-order valence-electron chi connectivity index (χ4n) is 4.39.